The quantitative estimate of drug-likeness (QED) is 0.600. The first-order valence-corrected chi connectivity index (χ1v) is 4.07. The molecule has 0 heterocycles. The molecular formula is C9H17NO2. The summed E-state index contributed by atoms with van der Waals surface area (Å²) >= 11 is 0. The van der Waals surface area contributed by atoms with Crippen LogP contribution in [0.1, 0.15) is 41.0 Å². The number of nitrogens with zero attached hydrogens (tertiary/aromatic N) is 1. The molecule has 0 bridgehead atoms. The number of hydrogen-bond acceptors (Lipinski definition) is 2. The Morgan fingerprint density at radius 3 is 1.83 bits per heavy atom. The molecule has 0 radical (unpaired) electrons. The van der Waals surface area contributed by atoms with Crippen molar-refractivity contribution in [2.24, 2.45) is 16.0 Å². The van der Waals surface area contributed by atoms with Gasteiger partial charge in [-0.15, -0.1) is 4.91 Å². The number of amides is 1. The van der Waals surface area contributed by atoms with Crippen molar-refractivity contribution in [1.29, 1.82) is 0 Å². The van der Waals surface area contributed by atoms with Crippen LogP contribution < -0.4 is 0 Å². The van der Waals surface area contributed by atoms with Gasteiger partial charge in [-0.1, -0.05) is 34.6 Å². The van der Waals surface area contributed by atoms with Gasteiger partial charge in [-0.05, 0) is 11.8 Å². The molecule has 3 heteroatoms. The molecule has 0 rings (SSSR count). The molecule has 0 aromatic heterocycles. The van der Waals surface area contributed by atoms with Gasteiger partial charge in [0.1, 0.15) is 0 Å². The molecule has 0 atom stereocenters. The lowest BCUT2D eigenvalue weighted by Crippen LogP contribution is -2.27. The zero-order chi connectivity index (χ0) is 9.99. The molecular weight excluding hydrogens is 154 g/mol. The minimum Gasteiger partial charge on any atom is -0.268 e. The molecule has 0 unspecified atom stereocenters. The molecule has 3 nitrogen and oxygen atoms in total. The summed E-state index contributed by atoms with van der Waals surface area (Å²) in [6.45, 7) is 9.61. The highest BCUT2D eigenvalue weighted by Gasteiger charge is 2.33. The first kappa shape index (κ1) is 11.3. The van der Waals surface area contributed by atoms with Gasteiger partial charge in [0.15, 0.2) is 0 Å². The largest absolute Gasteiger partial charge is 0.291 e. The third-order valence-electron chi connectivity index (χ3n) is 1.63. The summed E-state index contributed by atoms with van der Waals surface area (Å²) in [5.74, 6) is -0.558. The minimum absolute atomic E-state index is 0.0455. The number of carbonyl (C=O) groups is 1. The van der Waals surface area contributed by atoms with Gasteiger partial charge >= 0.3 is 0 Å². The van der Waals surface area contributed by atoms with Crippen molar-refractivity contribution in [3.63, 3.8) is 0 Å². The van der Waals surface area contributed by atoms with Gasteiger partial charge in [-0.2, -0.15) is 0 Å². The second kappa shape index (κ2) is 3.33. The van der Waals surface area contributed by atoms with Crippen molar-refractivity contribution >= 4 is 5.91 Å². The van der Waals surface area contributed by atoms with Crippen LogP contribution >= 0.6 is 0 Å². The summed E-state index contributed by atoms with van der Waals surface area (Å²) in [5, 5.41) is 2.46. The fourth-order valence-corrected chi connectivity index (χ4v) is 1.53. The van der Waals surface area contributed by atoms with Crippen LogP contribution in [0.3, 0.4) is 0 Å². The highest BCUT2D eigenvalue weighted by molar-refractivity contribution is 5.82. The lowest BCUT2D eigenvalue weighted by molar-refractivity contribution is -0.127. The number of hydrogen-bond donors (Lipinski definition) is 0. The average molecular weight is 171 g/mol. The monoisotopic (exact) mass is 171 g/mol. The molecule has 0 aliphatic heterocycles. The smallest absolute Gasteiger partial charge is 0.268 e. The maximum Gasteiger partial charge on any atom is 0.291 e. The Kier molecular flexibility index (Phi) is 3.13. The highest BCUT2D eigenvalue weighted by atomic mass is 16.3. The van der Waals surface area contributed by atoms with Gasteiger partial charge in [-0.25, -0.2) is 0 Å². The van der Waals surface area contributed by atoms with E-state index in [0.29, 0.717) is 6.42 Å². The Morgan fingerprint density at radius 1 is 1.17 bits per heavy atom. The van der Waals surface area contributed by atoms with E-state index in [9.17, 15) is 9.70 Å². The van der Waals surface area contributed by atoms with E-state index in [2.05, 4.69) is 5.18 Å². The SMILES string of the molecule is CC(C)(C)CC(C)(C)C(=O)N=O. The lowest BCUT2D eigenvalue weighted by atomic mass is 9.76. The van der Waals surface area contributed by atoms with E-state index in [4.69, 9.17) is 0 Å². The van der Waals surface area contributed by atoms with E-state index in [-0.39, 0.29) is 5.41 Å². The second-order valence-corrected chi connectivity index (χ2v) is 5.02. The van der Waals surface area contributed by atoms with Crippen molar-refractivity contribution in [1.82, 2.24) is 0 Å². The van der Waals surface area contributed by atoms with Crippen LogP contribution in [-0.4, -0.2) is 5.91 Å². The maximum absolute atomic E-state index is 11.0. The molecule has 0 aliphatic carbocycles. The standard InChI is InChI=1S/C9H17NO2/c1-8(2,3)6-9(4,5)7(11)10-12/h6H2,1-5H3. The molecule has 0 spiro atoms. The normalized spacial score (nSPS) is 12.8. The summed E-state index contributed by atoms with van der Waals surface area (Å²) in [4.78, 5) is 21.1. The van der Waals surface area contributed by atoms with E-state index < -0.39 is 11.3 Å². The molecule has 0 saturated heterocycles. The Bertz CT molecular complexity index is 189. The van der Waals surface area contributed by atoms with Gasteiger partial charge in [0, 0.05) is 10.6 Å². The fourth-order valence-electron chi connectivity index (χ4n) is 1.53. The molecule has 0 saturated carbocycles. The van der Waals surface area contributed by atoms with Gasteiger partial charge in [0.05, 0.1) is 0 Å². The molecule has 0 fully saturated rings. The van der Waals surface area contributed by atoms with Crippen molar-refractivity contribution in [2.45, 2.75) is 41.0 Å². The van der Waals surface area contributed by atoms with Crippen LogP contribution in [0, 0.1) is 15.7 Å². The van der Waals surface area contributed by atoms with Crippen molar-refractivity contribution in [3.8, 4) is 0 Å². The van der Waals surface area contributed by atoms with Crippen molar-refractivity contribution in [3.05, 3.63) is 4.91 Å². The zero-order valence-electron chi connectivity index (χ0n) is 8.47. The Morgan fingerprint density at radius 2 is 1.58 bits per heavy atom. The van der Waals surface area contributed by atoms with Crippen LogP contribution in [0.5, 0.6) is 0 Å². The first-order valence-electron chi connectivity index (χ1n) is 4.07. The van der Waals surface area contributed by atoms with E-state index >= 15 is 0 Å². The summed E-state index contributed by atoms with van der Waals surface area (Å²) < 4.78 is 0. The third kappa shape index (κ3) is 3.60. The van der Waals surface area contributed by atoms with E-state index in [1.807, 2.05) is 20.8 Å². The molecule has 0 N–H and O–H groups in total. The van der Waals surface area contributed by atoms with Crippen molar-refractivity contribution in [2.75, 3.05) is 0 Å². The molecule has 0 aromatic carbocycles. The Hall–Kier alpha value is -0.730. The average Bonchev–Trinajstić information content (AvgIpc) is 1.80. The number of carbonyl (C=O) groups excluding carboxylic acids is 1. The summed E-state index contributed by atoms with van der Waals surface area (Å²) in [6, 6.07) is 0. The van der Waals surface area contributed by atoms with Crippen LogP contribution in [0.2, 0.25) is 0 Å². The molecule has 12 heavy (non-hydrogen) atoms. The zero-order valence-corrected chi connectivity index (χ0v) is 8.47. The lowest BCUT2D eigenvalue weighted by Gasteiger charge is -2.28. The highest BCUT2D eigenvalue weighted by Crippen LogP contribution is 2.33. The summed E-state index contributed by atoms with van der Waals surface area (Å²) in [5.41, 5.74) is -0.580. The molecule has 1 amide bonds. The van der Waals surface area contributed by atoms with E-state index in [1.54, 1.807) is 13.8 Å². The van der Waals surface area contributed by atoms with Crippen LogP contribution in [0.25, 0.3) is 0 Å². The van der Waals surface area contributed by atoms with Crippen LogP contribution in [0.15, 0.2) is 5.18 Å². The van der Waals surface area contributed by atoms with Gasteiger partial charge in [0.25, 0.3) is 5.91 Å². The molecule has 70 valence electrons. The number of nitroso groups, excluding NO2 is 1. The Labute approximate surface area is 73.5 Å². The van der Waals surface area contributed by atoms with Crippen LogP contribution in [0.4, 0.5) is 0 Å². The van der Waals surface area contributed by atoms with E-state index in [1.165, 1.54) is 0 Å². The summed E-state index contributed by atoms with van der Waals surface area (Å²) in [7, 11) is 0. The van der Waals surface area contributed by atoms with Crippen molar-refractivity contribution < 1.29 is 4.79 Å². The van der Waals surface area contributed by atoms with Crippen LogP contribution in [-0.2, 0) is 4.79 Å². The number of rotatable bonds is 2. The van der Waals surface area contributed by atoms with Gasteiger partial charge < -0.3 is 0 Å². The maximum atomic E-state index is 11.0. The predicted molar refractivity (Wildman–Crippen MR) is 48.7 cm³/mol. The molecule has 0 aliphatic rings. The fraction of sp³-hybridized carbons (Fsp3) is 0.889. The van der Waals surface area contributed by atoms with E-state index in [0.717, 1.165) is 0 Å². The van der Waals surface area contributed by atoms with Gasteiger partial charge in [0.2, 0.25) is 0 Å². The third-order valence-corrected chi connectivity index (χ3v) is 1.63. The summed E-state index contributed by atoms with van der Waals surface area (Å²) in [6.07, 6.45) is 0.671. The minimum atomic E-state index is -0.625. The topological polar surface area (TPSA) is 46.5 Å². The first-order chi connectivity index (χ1) is 5.19. The second-order valence-electron chi connectivity index (χ2n) is 5.02. The Balaban J connectivity index is 4.42. The predicted octanol–water partition coefficient (Wildman–Crippen LogP) is 2.74. The van der Waals surface area contributed by atoms with Gasteiger partial charge in [-0.3, -0.25) is 4.79 Å². The molecule has 0 aromatic rings.